The SMILES string of the molecule is Cl.[B]C(CCCC)(C(=O)O)C(O)CC. The van der Waals surface area contributed by atoms with Gasteiger partial charge in [-0.15, -0.1) is 12.4 Å². The van der Waals surface area contributed by atoms with Crippen molar-refractivity contribution in [1.82, 2.24) is 0 Å². The van der Waals surface area contributed by atoms with Crippen molar-refractivity contribution in [2.45, 2.75) is 50.9 Å². The highest BCUT2D eigenvalue weighted by Gasteiger charge is 2.38. The molecule has 0 saturated carbocycles. The summed E-state index contributed by atoms with van der Waals surface area (Å²) in [6.45, 7) is 3.68. The van der Waals surface area contributed by atoms with Gasteiger partial charge in [0.25, 0.3) is 0 Å². The van der Waals surface area contributed by atoms with E-state index < -0.39 is 17.4 Å². The van der Waals surface area contributed by atoms with Crippen LogP contribution in [0.1, 0.15) is 39.5 Å². The fourth-order valence-electron chi connectivity index (χ4n) is 1.25. The van der Waals surface area contributed by atoms with Gasteiger partial charge in [-0.2, -0.15) is 0 Å². The zero-order chi connectivity index (χ0) is 10.5. The first-order valence-electron chi connectivity index (χ1n) is 4.69. The fourth-order valence-corrected chi connectivity index (χ4v) is 1.25. The van der Waals surface area contributed by atoms with Crippen LogP contribution in [0.3, 0.4) is 0 Å². The van der Waals surface area contributed by atoms with Crippen LogP contribution in [-0.2, 0) is 4.79 Å². The minimum Gasteiger partial charge on any atom is -0.481 e. The van der Waals surface area contributed by atoms with E-state index in [-0.39, 0.29) is 12.4 Å². The average Bonchev–Trinajstić information content (AvgIpc) is 2.12. The molecule has 0 aliphatic carbocycles. The van der Waals surface area contributed by atoms with Gasteiger partial charge >= 0.3 is 5.97 Å². The van der Waals surface area contributed by atoms with Crippen LogP contribution in [0.15, 0.2) is 0 Å². The molecule has 0 spiro atoms. The van der Waals surface area contributed by atoms with Crippen LogP contribution in [0.5, 0.6) is 0 Å². The molecule has 0 aliphatic heterocycles. The van der Waals surface area contributed by atoms with Gasteiger partial charge in [-0.05, 0) is 12.8 Å². The van der Waals surface area contributed by atoms with Crippen molar-refractivity contribution < 1.29 is 15.0 Å². The quantitative estimate of drug-likeness (QED) is 0.671. The van der Waals surface area contributed by atoms with E-state index >= 15 is 0 Å². The van der Waals surface area contributed by atoms with Gasteiger partial charge in [-0.25, -0.2) is 0 Å². The molecular weight excluding hydrogens is 202 g/mol. The molecule has 2 unspecified atom stereocenters. The van der Waals surface area contributed by atoms with Crippen molar-refractivity contribution >= 4 is 26.2 Å². The molecule has 14 heavy (non-hydrogen) atoms. The molecule has 2 N–H and O–H groups in total. The Balaban J connectivity index is 0. The summed E-state index contributed by atoms with van der Waals surface area (Å²) < 4.78 is 0. The van der Waals surface area contributed by atoms with Crippen molar-refractivity contribution in [3.05, 3.63) is 0 Å². The Morgan fingerprint density at radius 3 is 2.29 bits per heavy atom. The highest BCUT2D eigenvalue weighted by atomic mass is 35.5. The molecule has 0 amide bonds. The number of aliphatic hydroxyl groups is 1. The molecule has 2 atom stereocenters. The molecule has 2 radical (unpaired) electrons. The predicted molar refractivity (Wildman–Crippen MR) is 59.2 cm³/mol. The standard InChI is InChI=1S/C9H17BO3.ClH/c1-3-5-6-9(10,8(12)13)7(11)4-2;/h7,11H,3-6H2,1-2H3,(H,12,13);1H. The highest BCUT2D eigenvalue weighted by molar-refractivity contribution is 6.27. The summed E-state index contributed by atoms with van der Waals surface area (Å²) in [5, 5.41) is 16.9. The Hall–Kier alpha value is -0.215. The minimum absolute atomic E-state index is 0. The first-order chi connectivity index (χ1) is 5.99. The molecule has 0 bridgehead atoms. The number of rotatable bonds is 6. The first-order valence-corrected chi connectivity index (χ1v) is 4.69. The molecule has 0 saturated heterocycles. The number of carboxylic acids is 1. The van der Waals surface area contributed by atoms with Crippen LogP contribution < -0.4 is 0 Å². The van der Waals surface area contributed by atoms with Crippen molar-refractivity contribution in [1.29, 1.82) is 0 Å². The Kier molecular flexibility index (Phi) is 8.26. The van der Waals surface area contributed by atoms with Gasteiger partial charge in [0.2, 0.25) is 0 Å². The second-order valence-electron chi connectivity index (χ2n) is 3.37. The van der Waals surface area contributed by atoms with E-state index in [1.54, 1.807) is 6.92 Å². The summed E-state index contributed by atoms with van der Waals surface area (Å²) in [7, 11) is 5.63. The number of aliphatic hydroxyl groups excluding tert-OH is 1. The van der Waals surface area contributed by atoms with Crippen LogP contribution in [0, 0.1) is 0 Å². The summed E-state index contributed by atoms with van der Waals surface area (Å²) in [4.78, 5) is 10.8. The van der Waals surface area contributed by atoms with E-state index in [1.165, 1.54) is 0 Å². The lowest BCUT2D eigenvalue weighted by Crippen LogP contribution is -2.36. The number of halogens is 1. The minimum atomic E-state index is -1.47. The lowest BCUT2D eigenvalue weighted by molar-refractivity contribution is -0.144. The molecule has 5 heteroatoms. The summed E-state index contributed by atoms with van der Waals surface area (Å²) in [5.74, 6) is -1.12. The van der Waals surface area contributed by atoms with Crippen molar-refractivity contribution in [2.75, 3.05) is 0 Å². The molecule has 82 valence electrons. The van der Waals surface area contributed by atoms with Gasteiger partial charge in [-0.3, -0.25) is 4.79 Å². The monoisotopic (exact) mass is 220 g/mol. The third-order valence-corrected chi connectivity index (χ3v) is 2.32. The molecule has 0 aromatic rings. The van der Waals surface area contributed by atoms with Crippen molar-refractivity contribution in [3.63, 3.8) is 0 Å². The van der Waals surface area contributed by atoms with Gasteiger partial charge in [0.15, 0.2) is 0 Å². The van der Waals surface area contributed by atoms with Gasteiger partial charge in [-0.1, -0.05) is 26.7 Å². The van der Waals surface area contributed by atoms with E-state index in [4.69, 9.17) is 13.0 Å². The molecule has 0 aliphatic rings. The third-order valence-electron chi connectivity index (χ3n) is 2.32. The van der Waals surface area contributed by atoms with E-state index in [1.807, 2.05) is 6.92 Å². The summed E-state index contributed by atoms with van der Waals surface area (Å²) in [6, 6.07) is 0. The Morgan fingerprint density at radius 2 is 2.00 bits per heavy atom. The van der Waals surface area contributed by atoms with Crippen LogP contribution in [0.2, 0.25) is 5.31 Å². The van der Waals surface area contributed by atoms with Gasteiger partial charge in [0, 0.05) is 0 Å². The van der Waals surface area contributed by atoms with Crippen LogP contribution in [0.4, 0.5) is 0 Å². The highest BCUT2D eigenvalue weighted by Crippen LogP contribution is 2.34. The molecule has 0 heterocycles. The second kappa shape index (κ2) is 7.13. The topological polar surface area (TPSA) is 57.5 Å². The number of hydrogen-bond donors (Lipinski definition) is 2. The number of carboxylic acid groups (broad SMARTS) is 1. The molecule has 0 fully saturated rings. The van der Waals surface area contributed by atoms with Gasteiger partial charge < -0.3 is 10.2 Å². The number of unbranched alkanes of at least 4 members (excludes halogenated alkanes) is 1. The van der Waals surface area contributed by atoms with E-state index in [2.05, 4.69) is 0 Å². The van der Waals surface area contributed by atoms with E-state index in [0.717, 1.165) is 12.8 Å². The Bertz CT molecular complexity index is 177. The zero-order valence-electron chi connectivity index (χ0n) is 8.69. The summed E-state index contributed by atoms with van der Waals surface area (Å²) >= 11 is 0. The lowest BCUT2D eigenvalue weighted by Gasteiger charge is -2.30. The van der Waals surface area contributed by atoms with Crippen molar-refractivity contribution in [3.8, 4) is 0 Å². The molecule has 3 nitrogen and oxygen atoms in total. The maximum Gasteiger partial charge on any atom is 0.303 e. The predicted octanol–water partition coefficient (Wildman–Crippen LogP) is 1.78. The zero-order valence-corrected chi connectivity index (χ0v) is 9.51. The lowest BCUT2D eigenvalue weighted by atomic mass is 9.61. The number of carbonyl (C=O) groups is 1. The van der Waals surface area contributed by atoms with Crippen LogP contribution >= 0.6 is 12.4 Å². The normalized spacial score (nSPS) is 16.5. The maximum atomic E-state index is 10.8. The Morgan fingerprint density at radius 1 is 1.50 bits per heavy atom. The van der Waals surface area contributed by atoms with Gasteiger partial charge in [0.05, 0.1) is 19.3 Å². The number of aliphatic carboxylic acids is 1. The molecule has 0 aromatic carbocycles. The summed E-state index contributed by atoms with van der Waals surface area (Å²) in [6.07, 6.45) is 1.33. The first kappa shape index (κ1) is 16.2. The largest absolute Gasteiger partial charge is 0.481 e. The second-order valence-corrected chi connectivity index (χ2v) is 3.37. The van der Waals surface area contributed by atoms with E-state index in [0.29, 0.717) is 12.8 Å². The van der Waals surface area contributed by atoms with Crippen LogP contribution in [-0.4, -0.2) is 30.1 Å². The molecule has 0 rings (SSSR count). The summed E-state index contributed by atoms with van der Waals surface area (Å²) in [5.41, 5.74) is 0. The fraction of sp³-hybridized carbons (Fsp3) is 0.889. The molecule has 0 aromatic heterocycles. The maximum absolute atomic E-state index is 10.8. The number of hydrogen-bond acceptors (Lipinski definition) is 2. The smallest absolute Gasteiger partial charge is 0.303 e. The average molecular weight is 221 g/mol. The molecular formula is C9H18BClO3. The Labute approximate surface area is 92.7 Å². The third kappa shape index (κ3) is 3.88. The van der Waals surface area contributed by atoms with Crippen LogP contribution in [0.25, 0.3) is 0 Å². The van der Waals surface area contributed by atoms with E-state index in [9.17, 15) is 9.90 Å². The van der Waals surface area contributed by atoms with Gasteiger partial charge in [0.1, 0.15) is 0 Å². The van der Waals surface area contributed by atoms with Crippen molar-refractivity contribution in [2.24, 2.45) is 0 Å².